The van der Waals surface area contributed by atoms with E-state index in [9.17, 15) is 4.39 Å². The van der Waals surface area contributed by atoms with Gasteiger partial charge in [0.1, 0.15) is 5.82 Å². The molecule has 0 saturated carbocycles. The molecular weight excluding hydrogens is 215 g/mol. The molecule has 2 nitrogen and oxygen atoms in total. The van der Waals surface area contributed by atoms with Crippen molar-refractivity contribution < 1.29 is 4.39 Å². The highest BCUT2D eigenvalue weighted by molar-refractivity contribution is 6.30. The fraction of sp³-hybridized carbons (Fsp3) is 0.273. The van der Waals surface area contributed by atoms with Crippen LogP contribution in [0.15, 0.2) is 18.2 Å². The average molecular weight is 223 g/mol. The van der Waals surface area contributed by atoms with Crippen LogP contribution in [0.5, 0.6) is 0 Å². The maximum absolute atomic E-state index is 13.5. The molecule has 1 rings (SSSR count). The first kappa shape index (κ1) is 11.5. The summed E-state index contributed by atoms with van der Waals surface area (Å²) in [5, 5.41) is 17.8. The van der Waals surface area contributed by atoms with Gasteiger partial charge < -0.3 is 0 Å². The number of halogens is 2. The molecule has 1 atom stereocenters. The molecule has 0 aliphatic carbocycles. The minimum atomic E-state index is -1.12. The van der Waals surface area contributed by atoms with Crippen molar-refractivity contribution in [3.63, 3.8) is 0 Å². The third kappa shape index (κ3) is 2.26. The van der Waals surface area contributed by atoms with Crippen molar-refractivity contribution in [1.82, 2.24) is 0 Å². The van der Waals surface area contributed by atoms with Crippen LogP contribution >= 0.6 is 11.6 Å². The SMILES string of the molecule is CC(C#N)(CC#N)c1ccc(Cl)cc1F. The molecule has 0 spiro atoms. The van der Waals surface area contributed by atoms with Crippen molar-refractivity contribution in [2.45, 2.75) is 18.8 Å². The van der Waals surface area contributed by atoms with E-state index < -0.39 is 11.2 Å². The summed E-state index contributed by atoms with van der Waals surface area (Å²) in [7, 11) is 0. The Hall–Kier alpha value is -1.58. The lowest BCUT2D eigenvalue weighted by Gasteiger charge is -2.19. The number of benzene rings is 1. The molecule has 1 aromatic carbocycles. The number of rotatable bonds is 2. The molecule has 0 saturated heterocycles. The molecule has 0 amide bonds. The van der Waals surface area contributed by atoms with Gasteiger partial charge in [-0.1, -0.05) is 17.7 Å². The van der Waals surface area contributed by atoms with Gasteiger partial charge in [0.15, 0.2) is 0 Å². The van der Waals surface area contributed by atoms with Crippen molar-refractivity contribution in [2.24, 2.45) is 0 Å². The van der Waals surface area contributed by atoms with Crippen molar-refractivity contribution in [2.75, 3.05) is 0 Å². The Morgan fingerprint density at radius 2 is 2.13 bits per heavy atom. The van der Waals surface area contributed by atoms with Gasteiger partial charge in [0, 0.05) is 10.6 Å². The van der Waals surface area contributed by atoms with Gasteiger partial charge in [-0.15, -0.1) is 0 Å². The predicted octanol–water partition coefficient (Wildman–Crippen LogP) is 3.17. The maximum Gasteiger partial charge on any atom is 0.129 e. The van der Waals surface area contributed by atoms with Crippen molar-refractivity contribution in [1.29, 1.82) is 10.5 Å². The van der Waals surface area contributed by atoms with E-state index >= 15 is 0 Å². The number of hydrogen-bond acceptors (Lipinski definition) is 2. The van der Waals surface area contributed by atoms with E-state index in [1.165, 1.54) is 19.1 Å². The molecule has 15 heavy (non-hydrogen) atoms. The second kappa shape index (κ2) is 4.29. The van der Waals surface area contributed by atoms with E-state index in [0.29, 0.717) is 0 Å². The summed E-state index contributed by atoms with van der Waals surface area (Å²) in [6.07, 6.45) is -0.0535. The standard InChI is InChI=1S/C11H8ClFN2/c1-11(7-15,4-5-14)9-3-2-8(12)6-10(9)13/h2-3,6H,4H2,1H3. The second-order valence-corrected chi connectivity index (χ2v) is 3.84. The van der Waals surface area contributed by atoms with Gasteiger partial charge in [-0.25, -0.2) is 4.39 Å². The molecule has 0 heterocycles. The van der Waals surface area contributed by atoms with E-state index in [0.717, 1.165) is 6.07 Å². The fourth-order valence-electron chi connectivity index (χ4n) is 1.29. The molecule has 1 unspecified atom stereocenters. The number of nitriles is 2. The van der Waals surface area contributed by atoms with Crippen LogP contribution in [0, 0.1) is 28.5 Å². The minimum Gasteiger partial charge on any atom is -0.207 e. The molecule has 0 radical (unpaired) electrons. The van der Waals surface area contributed by atoms with Crippen LogP contribution in [0.2, 0.25) is 5.02 Å². The van der Waals surface area contributed by atoms with Crippen molar-refractivity contribution in [3.05, 3.63) is 34.6 Å². The Balaban J connectivity index is 3.27. The molecule has 0 aromatic heterocycles. The topological polar surface area (TPSA) is 47.6 Å². The van der Waals surface area contributed by atoms with Gasteiger partial charge in [-0.3, -0.25) is 0 Å². The molecule has 76 valence electrons. The Morgan fingerprint density at radius 3 is 2.60 bits per heavy atom. The lowest BCUT2D eigenvalue weighted by Crippen LogP contribution is -2.20. The summed E-state index contributed by atoms with van der Waals surface area (Å²) < 4.78 is 13.5. The lowest BCUT2D eigenvalue weighted by atomic mass is 9.81. The van der Waals surface area contributed by atoms with Crippen LogP contribution in [0.1, 0.15) is 18.9 Å². The van der Waals surface area contributed by atoms with E-state index in [4.69, 9.17) is 22.1 Å². The Kier molecular flexibility index (Phi) is 3.29. The fourth-order valence-corrected chi connectivity index (χ4v) is 1.45. The van der Waals surface area contributed by atoms with Crippen LogP contribution in [0.3, 0.4) is 0 Å². The zero-order chi connectivity index (χ0) is 11.5. The van der Waals surface area contributed by atoms with E-state index in [1.807, 2.05) is 12.1 Å². The van der Waals surface area contributed by atoms with Crippen LogP contribution in [-0.4, -0.2) is 0 Å². The first-order chi connectivity index (χ1) is 7.03. The van der Waals surface area contributed by atoms with Crippen molar-refractivity contribution in [3.8, 4) is 12.1 Å². The van der Waals surface area contributed by atoms with Gasteiger partial charge in [-0.05, 0) is 19.1 Å². The van der Waals surface area contributed by atoms with Crippen LogP contribution in [-0.2, 0) is 5.41 Å². The molecule has 0 aliphatic rings. The van der Waals surface area contributed by atoms with Gasteiger partial charge in [0.05, 0.1) is 24.0 Å². The summed E-state index contributed by atoms with van der Waals surface area (Å²) >= 11 is 5.60. The highest BCUT2D eigenvalue weighted by Crippen LogP contribution is 2.30. The van der Waals surface area contributed by atoms with Gasteiger partial charge in [0.25, 0.3) is 0 Å². The average Bonchev–Trinajstić information content (AvgIpc) is 2.17. The largest absolute Gasteiger partial charge is 0.207 e. The molecule has 0 fully saturated rings. The Bertz CT molecular complexity index is 459. The van der Waals surface area contributed by atoms with Gasteiger partial charge in [0.2, 0.25) is 0 Å². The van der Waals surface area contributed by atoms with Gasteiger partial charge in [-0.2, -0.15) is 10.5 Å². The first-order valence-electron chi connectivity index (χ1n) is 4.27. The highest BCUT2D eigenvalue weighted by atomic mass is 35.5. The third-order valence-electron chi connectivity index (χ3n) is 2.20. The lowest BCUT2D eigenvalue weighted by molar-refractivity contribution is 0.544. The summed E-state index contributed by atoms with van der Waals surface area (Å²) in [5.41, 5.74) is -0.917. The normalized spacial score (nSPS) is 13.7. The predicted molar refractivity (Wildman–Crippen MR) is 54.6 cm³/mol. The third-order valence-corrected chi connectivity index (χ3v) is 2.44. The summed E-state index contributed by atoms with van der Waals surface area (Å²) in [5.74, 6) is -0.554. The van der Waals surface area contributed by atoms with Crippen LogP contribution < -0.4 is 0 Å². The molecule has 1 aromatic rings. The van der Waals surface area contributed by atoms with Crippen LogP contribution in [0.25, 0.3) is 0 Å². The van der Waals surface area contributed by atoms with Crippen molar-refractivity contribution >= 4 is 11.6 Å². The Labute approximate surface area is 92.5 Å². The molecular formula is C11H8ClFN2. The number of nitrogens with zero attached hydrogens (tertiary/aromatic N) is 2. The summed E-state index contributed by atoms with van der Waals surface area (Å²) in [4.78, 5) is 0. The molecule has 0 aliphatic heterocycles. The molecule has 0 bridgehead atoms. The van der Waals surface area contributed by atoms with E-state index in [2.05, 4.69) is 0 Å². The van der Waals surface area contributed by atoms with Gasteiger partial charge >= 0.3 is 0 Å². The maximum atomic E-state index is 13.5. The summed E-state index contributed by atoms with van der Waals surface area (Å²) in [6.45, 7) is 1.53. The zero-order valence-electron chi connectivity index (χ0n) is 8.09. The van der Waals surface area contributed by atoms with E-state index in [-0.39, 0.29) is 17.0 Å². The Morgan fingerprint density at radius 1 is 1.47 bits per heavy atom. The monoisotopic (exact) mass is 222 g/mol. The molecule has 4 heteroatoms. The van der Waals surface area contributed by atoms with Crippen LogP contribution in [0.4, 0.5) is 4.39 Å². The smallest absolute Gasteiger partial charge is 0.129 e. The molecule has 0 N–H and O–H groups in total. The second-order valence-electron chi connectivity index (χ2n) is 3.40. The van der Waals surface area contributed by atoms with E-state index in [1.54, 1.807) is 0 Å². The highest BCUT2D eigenvalue weighted by Gasteiger charge is 2.29. The minimum absolute atomic E-state index is 0.0535. The first-order valence-corrected chi connectivity index (χ1v) is 4.65. The summed E-state index contributed by atoms with van der Waals surface area (Å²) in [6, 6.07) is 7.92. The zero-order valence-corrected chi connectivity index (χ0v) is 8.85. The number of hydrogen-bond donors (Lipinski definition) is 0. The quantitative estimate of drug-likeness (QED) is 0.772.